The fraction of sp³-hybridized carbons (Fsp3) is 0.158. The Morgan fingerprint density at radius 3 is 2.62 bits per heavy atom. The molecule has 146 valence electrons. The summed E-state index contributed by atoms with van der Waals surface area (Å²) in [6.45, 7) is 2.89. The summed E-state index contributed by atoms with van der Waals surface area (Å²) in [7, 11) is 5.90. The number of aryl methyl sites for hydroxylation is 2. The van der Waals surface area contributed by atoms with Crippen molar-refractivity contribution in [3.05, 3.63) is 75.2 Å². The van der Waals surface area contributed by atoms with Gasteiger partial charge in [-0.25, -0.2) is 23.5 Å². The zero-order chi connectivity index (χ0) is 21.3. The summed E-state index contributed by atoms with van der Waals surface area (Å²) in [5.74, 6) is -3.14. The van der Waals surface area contributed by atoms with Crippen LogP contribution in [0.1, 0.15) is 27.6 Å². The normalized spacial score (nSPS) is 10.8. The minimum Gasteiger partial charge on any atom is -0.489 e. The molecule has 2 aromatic heterocycles. The van der Waals surface area contributed by atoms with Crippen LogP contribution in [0, 0.1) is 25.5 Å². The second kappa shape index (κ2) is 7.82. The fourth-order valence-electron chi connectivity index (χ4n) is 2.71. The van der Waals surface area contributed by atoms with Gasteiger partial charge in [0.1, 0.15) is 31.8 Å². The molecular formula is C19H14BF2N3O4. The van der Waals surface area contributed by atoms with E-state index >= 15 is 0 Å². The van der Waals surface area contributed by atoms with E-state index < -0.39 is 29.0 Å². The van der Waals surface area contributed by atoms with Crippen LogP contribution in [-0.4, -0.2) is 33.5 Å². The molecule has 29 heavy (non-hydrogen) atoms. The third kappa shape index (κ3) is 4.01. The summed E-state index contributed by atoms with van der Waals surface area (Å²) in [6, 6.07) is 4.54. The lowest BCUT2D eigenvalue weighted by Crippen LogP contribution is -2.36. The van der Waals surface area contributed by atoms with Gasteiger partial charge in [0, 0.05) is 22.8 Å². The number of pyridine rings is 1. The lowest BCUT2D eigenvalue weighted by molar-refractivity contribution is 0.0683. The third-order valence-electron chi connectivity index (χ3n) is 4.18. The van der Waals surface area contributed by atoms with Gasteiger partial charge in [-0.05, 0) is 32.0 Å². The lowest BCUT2D eigenvalue weighted by Gasteiger charge is -2.16. The van der Waals surface area contributed by atoms with Crippen LogP contribution in [0.5, 0.6) is 5.75 Å². The summed E-state index contributed by atoms with van der Waals surface area (Å²) in [5.41, 5.74) is 0.174. The highest BCUT2D eigenvalue weighted by molar-refractivity contribution is 6.34. The van der Waals surface area contributed by atoms with E-state index in [2.05, 4.69) is 9.97 Å². The number of ether oxygens (including phenoxy) is 1. The predicted molar refractivity (Wildman–Crippen MR) is 100 cm³/mol. The van der Waals surface area contributed by atoms with Gasteiger partial charge in [-0.2, -0.15) is 0 Å². The Bertz CT molecular complexity index is 1180. The summed E-state index contributed by atoms with van der Waals surface area (Å²) < 4.78 is 33.5. The van der Waals surface area contributed by atoms with E-state index in [-0.39, 0.29) is 34.8 Å². The van der Waals surface area contributed by atoms with Crippen LogP contribution in [0.4, 0.5) is 8.78 Å². The summed E-state index contributed by atoms with van der Waals surface area (Å²) in [5, 5.41) is 8.97. The number of carboxylic acid groups (broad SMARTS) is 1. The zero-order valence-corrected chi connectivity index (χ0v) is 15.4. The highest BCUT2D eigenvalue weighted by Crippen LogP contribution is 2.17. The molecule has 2 radical (unpaired) electrons. The maximum atomic E-state index is 13.8. The Morgan fingerprint density at radius 1 is 1.28 bits per heavy atom. The van der Waals surface area contributed by atoms with Crippen LogP contribution in [0.2, 0.25) is 0 Å². The molecule has 0 fully saturated rings. The number of hydrogen-bond acceptors (Lipinski definition) is 5. The van der Waals surface area contributed by atoms with Crippen molar-refractivity contribution in [1.82, 2.24) is 14.5 Å². The van der Waals surface area contributed by atoms with Crippen molar-refractivity contribution >= 4 is 19.3 Å². The van der Waals surface area contributed by atoms with Crippen LogP contribution in [0.15, 0.2) is 35.3 Å². The molecule has 0 saturated carbocycles. The number of carboxylic acids is 1. The van der Waals surface area contributed by atoms with E-state index in [1.54, 1.807) is 6.92 Å². The summed E-state index contributed by atoms with van der Waals surface area (Å²) in [4.78, 5) is 31.3. The topological polar surface area (TPSA) is 94.3 Å². The van der Waals surface area contributed by atoms with Crippen LogP contribution in [0.25, 0.3) is 5.69 Å². The average Bonchev–Trinajstić information content (AvgIpc) is 2.65. The lowest BCUT2D eigenvalue weighted by atomic mass is 9.96. The molecule has 0 amide bonds. The Kier molecular flexibility index (Phi) is 5.45. The number of rotatable bonds is 5. The number of benzene rings is 1. The highest BCUT2D eigenvalue weighted by Gasteiger charge is 2.16. The highest BCUT2D eigenvalue weighted by atomic mass is 19.1. The monoisotopic (exact) mass is 397 g/mol. The first-order valence-electron chi connectivity index (χ1n) is 8.35. The standard InChI is InChI=1S/C19H14BF2N3O4/c1-9-5-15(29-8-11-3-4-12(21)6-13(11)22)16(20)18(26)25(9)14-7-23-17(19(27)28)24-10(14)2/h3-7H,8H2,1-2H3,(H,27,28). The molecule has 1 N–H and O–H groups in total. The van der Waals surface area contributed by atoms with Gasteiger partial charge in [0.05, 0.1) is 17.6 Å². The molecule has 7 nitrogen and oxygen atoms in total. The van der Waals surface area contributed by atoms with Crippen molar-refractivity contribution in [2.24, 2.45) is 0 Å². The van der Waals surface area contributed by atoms with Crippen LogP contribution >= 0.6 is 0 Å². The smallest absolute Gasteiger partial charge is 0.373 e. The first-order valence-corrected chi connectivity index (χ1v) is 8.35. The van der Waals surface area contributed by atoms with Crippen LogP contribution in [0.3, 0.4) is 0 Å². The molecule has 0 atom stereocenters. The number of aromatic carboxylic acids is 1. The minimum absolute atomic E-state index is 0.0354. The molecule has 3 aromatic rings. The van der Waals surface area contributed by atoms with Gasteiger partial charge < -0.3 is 9.84 Å². The van der Waals surface area contributed by atoms with Gasteiger partial charge in [-0.3, -0.25) is 9.36 Å². The van der Waals surface area contributed by atoms with Crippen molar-refractivity contribution in [2.45, 2.75) is 20.5 Å². The van der Waals surface area contributed by atoms with Gasteiger partial charge in [0.2, 0.25) is 5.82 Å². The van der Waals surface area contributed by atoms with Gasteiger partial charge in [0.25, 0.3) is 5.56 Å². The predicted octanol–water partition coefficient (Wildman–Crippen LogP) is 1.59. The first-order chi connectivity index (χ1) is 13.7. The van der Waals surface area contributed by atoms with Crippen molar-refractivity contribution in [2.75, 3.05) is 0 Å². The van der Waals surface area contributed by atoms with E-state index in [0.717, 1.165) is 12.1 Å². The van der Waals surface area contributed by atoms with Gasteiger partial charge in [-0.15, -0.1) is 0 Å². The van der Waals surface area contributed by atoms with Crippen LogP contribution < -0.4 is 15.8 Å². The summed E-state index contributed by atoms with van der Waals surface area (Å²) in [6.07, 6.45) is 1.22. The SMILES string of the molecule is [B]c1c(OCc2ccc(F)cc2F)cc(C)n(-c2cnc(C(=O)O)nc2C)c1=O. The van der Waals surface area contributed by atoms with Crippen molar-refractivity contribution in [3.63, 3.8) is 0 Å². The van der Waals surface area contributed by atoms with Gasteiger partial charge >= 0.3 is 5.97 Å². The maximum absolute atomic E-state index is 13.8. The fourth-order valence-corrected chi connectivity index (χ4v) is 2.71. The molecule has 10 heteroatoms. The van der Waals surface area contributed by atoms with Crippen molar-refractivity contribution in [1.29, 1.82) is 0 Å². The number of nitrogens with zero attached hydrogens (tertiary/aromatic N) is 3. The Balaban J connectivity index is 1.96. The van der Waals surface area contributed by atoms with E-state index in [9.17, 15) is 18.4 Å². The van der Waals surface area contributed by atoms with E-state index in [1.165, 1.54) is 29.8 Å². The van der Waals surface area contributed by atoms with E-state index in [0.29, 0.717) is 5.69 Å². The number of halogens is 2. The molecular weight excluding hydrogens is 383 g/mol. The molecule has 0 aliphatic carbocycles. The van der Waals surface area contributed by atoms with Gasteiger partial charge in [-0.1, -0.05) is 0 Å². The van der Waals surface area contributed by atoms with Gasteiger partial charge in [0.15, 0.2) is 0 Å². The Morgan fingerprint density at radius 2 is 2.00 bits per heavy atom. The minimum atomic E-state index is -1.29. The Labute approximate surface area is 165 Å². The van der Waals surface area contributed by atoms with Crippen LogP contribution in [-0.2, 0) is 6.61 Å². The maximum Gasteiger partial charge on any atom is 0.373 e. The molecule has 0 saturated heterocycles. The molecule has 0 spiro atoms. The summed E-state index contributed by atoms with van der Waals surface area (Å²) >= 11 is 0. The molecule has 3 rings (SSSR count). The molecule has 1 aromatic carbocycles. The molecule has 0 aliphatic heterocycles. The van der Waals surface area contributed by atoms with E-state index in [1.807, 2.05) is 0 Å². The van der Waals surface area contributed by atoms with Crippen molar-refractivity contribution in [3.8, 4) is 11.4 Å². The van der Waals surface area contributed by atoms with Crippen molar-refractivity contribution < 1.29 is 23.4 Å². The largest absolute Gasteiger partial charge is 0.489 e. The Hall–Kier alpha value is -3.56. The number of carbonyl (C=O) groups is 1. The molecule has 0 bridgehead atoms. The molecule has 2 heterocycles. The third-order valence-corrected chi connectivity index (χ3v) is 4.18. The van der Waals surface area contributed by atoms with E-state index in [4.69, 9.17) is 17.7 Å². The quantitative estimate of drug-likeness (QED) is 0.658. The second-order valence-electron chi connectivity index (χ2n) is 6.20. The molecule has 0 unspecified atom stereocenters. The number of hydrogen-bond donors (Lipinski definition) is 1. The zero-order valence-electron chi connectivity index (χ0n) is 15.4. The molecule has 0 aliphatic rings. The first kappa shape index (κ1) is 20.2. The second-order valence-corrected chi connectivity index (χ2v) is 6.20. The average molecular weight is 397 g/mol. The number of aromatic nitrogens is 3.